The summed E-state index contributed by atoms with van der Waals surface area (Å²) in [5.74, 6) is 0.609. The third-order valence-electron chi connectivity index (χ3n) is 7.33. The molecule has 3 nitrogen and oxygen atoms in total. The number of esters is 1. The van der Waals surface area contributed by atoms with E-state index in [-0.39, 0.29) is 5.97 Å². The fourth-order valence-corrected chi connectivity index (χ4v) is 5.38. The predicted molar refractivity (Wildman–Crippen MR) is 132 cm³/mol. The molecule has 1 unspecified atom stereocenters. The van der Waals surface area contributed by atoms with Crippen molar-refractivity contribution in [2.45, 2.75) is 135 Å². The minimum atomic E-state index is 0.0329. The Morgan fingerprint density at radius 1 is 0.806 bits per heavy atom. The fourth-order valence-electron chi connectivity index (χ4n) is 5.38. The smallest absolute Gasteiger partial charge is 0.305 e. The van der Waals surface area contributed by atoms with Gasteiger partial charge in [-0.15, -0.1) is 0 Å². The van der Waals surface area contributed by atoms with Crippen molar-refractivity contribution in [3.8, 4) is 0 Å². The highest BCUT2D eigenvalue weighted by Gasteiger charge is 2.33. The van der Waals surface area contributed by atoms with E-state index in [1.54, 1.807) is 0 Å². The van der Waals surface area contributed by atoms with Gasteiger partial charge in [0, 0.05) is 18.4 Å². The zero-order chi connectivity index (χ0) is 22.0. The van der Waals surface area contributed by atoms with E-state index in [1.807, 2.05) is 0 Å². The first-order chi connectivity index (χ1) is 15.3. The van der Waals surface area contributed by atoms with Crippen molar-refractivity contribution >= 4 is 5.97 Å². The molecule has 3 heteroatoms. The largest absolute Gasteiger partial charge is 0.465 e. The van der Waals surface area contributed by atoms with Gasteiger partial charge < -0.3 is 4.74 Å². The number of hydrogen-bond acceptors (Lipinski definition) is 3. The number of fused-ring (bicyclic) bond motifs is 1. The molecule has 2 aliphatic rings. The van der Waals surface area contributed by atoms with Crippen LogP contribution in [-0.2, 0) is 9.53 Å². The number of ether oxygens (including phenoxy) is 1. The Morgan fingerprint density at radius 2 is 1.45 bits per heavy atom. The van der Waals surface area contributed by atoms with Gasteiger partial charge in [-0.2, -0.15) is 0 Å². The van der Waals surface area contributed by atoms with Crippen LogP contribution in [0.25, 0.3) is 0 Å². The molecule has 0 aromatic heterocycles. The van der Waals surface area contributed by atoms with Gasteiger partial charge in [0.25, 0.3) is 0 Å². The number of hydrogen-bond donors (Lipinski definition) is 0. The SMILES string of the molecule is CCCCCCCC/C=C\CCCCCCCC(=O)OC[C@@H]1CCCN2CCCCC12. The standard InChI is InChI=1S/C28H51NO2/c1-2-3-4-5-6-7-8-9-10-11-12-13-14-15-16-22-28(30)31-25-26-20-19-24-29-23-18-17-21-27(26)29/h9-10,26-27H,2-8,11-25H2,1H3/b10-9-/t26-,27?/m0/s1. The summed E-state index contributed by atoms with van der Waals surface area (Å²) in [6, 6.07) is 0.676. The summed E-state index contributed by atoms with van der Waals surface area (Å²) < 4.78 is 5.67. The summed E-state index contributed by atoms with van der Waals surface area (Å²) in [5.41, 5.74) is 0. The van der Waals surface area contributed by atoms with Crippen molar-refractivity contribution in [3.05, 3.63) is 12.2 Å². The number of carbonyl (C=O) groups excluding carboxylic acids is 1. The minimum absolute atomic E-state index is 0.0329. The normalized spacial score (nSPS) is 22.0. The van der Waals surface area contributed by atoms with E-state index in [9.17, 15) is 4.79 Å². The third-order valence-corrected chi connectivity index (χ3v) is 7.33. The molecular weight excluding hydrogens is 382 g/mol. The minimum Gasteiger partial charge on any atom is -0.465 e. The Kier molecular flexibility index (Phi) is 15.1. The zero-order valence-corrected chi connectivity index (χ0v) is 20.6. The van der Waals surface area contributed by atoms with Crippen molar-refractivity contribution in [1.29, 1.82) is 0 Å². The number of rotatable bonds is 17. The van der Waals surface area contributed by atoms with Crippen LogP contribution in [0.2, 0.25) is 0 Å². The van der Waals surface area contributed by atoms with Crippen molar-refractivity contribution in [2.75, 3.05) is 19.7 Å². The highest BCUT2D eigenvalue weighted by atomic mass is 16.5. The van der Waals surface area contributed by atoms with Gasteiger partial charge in [0.2, 0.25) is 0 Å². The van der Waals surface area contributed by atoms with Crippen LogP contribution in [0.1, 0.15) is 129 Å². The Balaban J connectivity index is 1.36. The van der Waals surface area contributed by atoms with E-state index < -0.39 is 0 Å². The lowest BCUT2D eigenvalue weighted by atomic mass is 9.84. The van der Waals surface area contributed by atoms with Crippen LogP contribution in [0, 0.1) is 5.92 Å². The van der Waals surface area contributed by atoms with Gasteiger partial charge in [0.1, 0.15) is 0 Å². The summed E-state index contributed by atoms with van der Waals surface area (Å²) in [6.45, 7) is 5.44. The second-order valence-corrected chi connectivity index (χ2v) is 10.0. The summed E-state index contributed by atoms with van der Waals surface area (Å²) in [4.78, 5) is 14.8. The topological polar surface area (TPSA) is 29.5 Å². The molecule has 180 valence electrons. The van der Waals surface area contributed by atoms with Crippen LogP contribution in [0.5, 0.6) is 0 Å². The summed E-state index contributed by atoms with van der Waals surface area (Å²) in [6.07, 6.45) is 28.6. The molecule has 0 saturated carbocycles. The van der Waals surface area contributed by atoms with E-state index in [0.29, 0.717) is 25.0 Å². The lowest BCUT2D eigenvalue weighted by Crippen LogP contribution is -2.49. The van der Waals surface area contributed by atoms with Crippen LogP contribution in [0.3, 0.4) is 0 Å². The van der Waals surface area contributed by atoms with E-state index in [2.05, 4.69) is 24.0 Å². The summed E-state index contributed by atoms with van der Waals surface area (Å²) >= 11 is 0. The molecule has 2 heterocycles. The van der Waals surface area contributed by atoms with Crippen LogP contribution >= 0.6 is 0 Å². The average Bonchev–Trinajstić information content (AvgIpc) is 2.80. The molecular formula is C28H51NO2. The van der Waals surface area contributed by atoms with Crippen molar-refractivity contribution in [1.82, 2.24) is 4.90 Å². The van der Waals surface area contributed by atoms with Crippen molar-refractivity contribution in [3.63, 3.8) is 0 Å². The number of unbranched alkanes of at least 4 members (excludes halogenated alkanes) is 11. The molecule has 31 heavy (non-hydrogen) atoms. The van der Waals surface area contributed by atoms with Crippen molar-refractivity contribution in [2.24, 2.45) is 5.92 Å². The van der Waals surface area contributed by atoms with Gasteiger partial charge in [-0.3, -0.25) is 9.69 Å². The molecule has 0 aromatic rings. The molecule has 2 fully saturated rings. The van der Waals surface area contributed by atoms with Gasteiger partial charge in [-0.05, 0) is 70.9 Å². The van der Waals surface area contributed by atoms with Gasteiger partial charge in [0.05, 0.1) is 6.61 Å². The Labute approximate surface area is 193 Å². The molecule has 2 saturated heterocycles. The first kappa shape index (κ1) is 26.4. The quantitative estimate of drug-likeness (QED) is 0.133. The average molecular weight is 434 g/mol. The van der Waals surface area contributed by atoms with Crippen LogP contribution in [0.15, 0.2) is 12.2 Å². The van der Waals surface area contributed by atoms with E-state index in [1.165, 1.54) is 116 Å². The molecule has 2 atom stereocenters. The second-order valence-electron chi connectivity index (χ2n) is 10.0. The summed E-state index contributed by atoms with van der Waals surface area (Å²) in [5, 5.41) is 0. The molecule has 0 spiro atoms. The van der Waals surface area contributed by atoms with E-state index in [4.69, 9.17) is 4.74 Å². The molecule has 2 aliphatic heterocycles. The van der Waals surface area contributed by atoms with Crippen LogP contribution in [0.4, 0.5) is 0 Å². The number of allylic oxidation sites excluding steroid dienone is 2. The molecule has 0 amide bonds. The lowest BCUT2D eigenvalue weighted by molar-refractivity contribution is -0.146. The monoisotopic (exact) mass is 433 g/mol. The molecule has 0 N–H and O–H groups in total. The Hall–Kier alpha value is -0.830. The molecule has 0 aliphatic carbocycles. The predicted octanol–water partition coefficient (Wildman–Crippen LogP) is 7.83. The van der Waals surface area contributed by atoms with Gasteiger partial charge >= 0.3 is 5.97 Å². The fraction of sp³-hybridized carbons (Fsp3) is 0.893. The van der Waals surface area contributed by atoms with Gasteiger partial charge in [-0.1, -0.05) is 76.9 Å². The first-order valence-corrected chi connectivity index (χ1v) is 13.9. The number of nitrogens with zero attached hydrogens (tertiary/aromatic N) is 1. The first-order valence-electron chi connectivity index (χ1n) is 13.9. The zero-order valence-electron chi connectivity index (χ0n) is 20.6. The van der Waals surface area contributed by atoms with Crippen LogP contribution < -0.4 is 0 Å². The second kappa shape index (κ2) is 17.7. The maximum atomic E-state index is 12.1. The Bertz CT molecular complexity index is 474. The molecule has 0 aromatic carbocycles. The highest BCUT2D eigenvalue weighted by molar-refractivity contribution is 5.69. The molecule has 2 rings (SSSR count). The van der Waals surface area contributed by atoms with E-state index >= 15 is 0 Å². The number of piperidine rings is 2. The lowest BCUT2D eigenvalue weighted by Gasteiger charge is -2.44. The van der Waals surface area contributed by atoms with E-state index in [0.717, 1.165) is 12.8 Å². The van der Waals surface area contributed by atoms with Gasteiger partial charge in [-0.25, -0.2) is 0 Å². The van der Waals surface area contributed by atoms with Crippen molar-refractivity contribution < 1.29 is 9.53 Å². The van der Waals surface area contributed by atoms with Crippen LogP contribution in [-0.4, -0.2) is 36.6 Å². The maximum absolute atomic E-state index is 12.1. The third kappa shape index (κ3) is 12.1. The van der Waals surface area contributed by atoms with Gasteiger partial charge in [0.15, 0.2) is 0 Å². The number of carbonyl (C=O) groups is 1. The molecule has 0 bridgehead atoms. The summed E-state index contributed by atoms with van der Waals surface area (Å²) in [7, 11) is 0. The maximum Gasteiger partial charge on any atom is 0.305 e. The molecule has 0 radical (unpaired) electrons. The highest BCUT2D eigenvalue weighted by Crippen LogP contribution is 2.31. The Morgan fingerprint density at radius 3 is 2.19 bits per heavy atom.